The van der Waals surface area contributed by atoms with E-state index in [0.29, 0.717) is 5.96 Å². The number of likely N-dealkylation sites (tertiary alicyclic amines) is 1. The van der Waals surface area contributed by atoms with Gasteiger partial charge in [0.1, 0.15) is 5.54 Å². The summed E-state index contributed by atoms with van der Waals surface area (Å²) in [6, 6.07) is 0. The zero-order valence-corrected chi connectivity index (χ0v) is 12.2. The van der Waals surface area contributed by atoms with Gasteiger partial charge in [-0.3, -0.25) is 15.1 Å². The molecule has 0 aromatic carbocycles. The summed E-state index contributed by atoms with van der Waals surface area (Å²) in [5, 5.41) is 6.26. The zero-order valence-electron chi connectivity index (χ0n) is 12.2. The number of hydrogen-bond donors (Lipinski definition) is 2. The predicted octanol–water partition coefficient (Wildman–Crippen LogP) is 1.11. The summed E-state index contributed by atoms with van der Waals surface area (Å²) < 4.78 is 0. The van der Waals surface area contributed by atoms with E-state index in [2.05, 4.69) is 34.4 Å². The molecule has 2 aliphatic rings. The highest BCUT2D eigenvalue weighted by Gasteiger charge is 2.45. The highest BCUT2D eigenvalue weighted by atomic mass is 16.2. The molecule has 1 amide bonds. The first kappa shape index (κ1) is 14.3. The first-order valence-corrected chi connectivity index (χ1v) is 7.56. The molecule has 5 nitrogen and oxygen atoms in total. The Morgan fingerprint density at radius 1 is 1.26 bits per heavy atom. The van der Waals surface area contributed by atoms with Crippen molar-refractivity contribution in [2.24, 2.45) is 4.99 Å². The van der Waals surface area contributed by atoms with Crippen LogP contribution in [0.2, 0.25) is 0 Å². The van der Waals surface area contributed by atoms with Crippen molar-refractivity contribution in [2.45, 2.75) is 51.5 Å². The van der Waals surface area contributed by atoms with Gasteiger partial charge < -0.3 is 10.2 Å². The molecule has 2 rings (SSSR count). The fourth-order valence-electron chi connectivity index (χ4n) is 2.93. The lowest BCUT2D eigenvalue weighted by molar-refractivity contribution is -0.124. The standard InChI is InChI=1S/C14H26N4O/c1-3-8-15-13-16-12(19)14(17-13)6-5-10-18(9-4-2)11-7-14/h3-11H2,1-2H3,(H2,15,16,17,19). The second-order valence-corrected chi connectivity index (χ2v) is 5.59. The number of guanidine groups is 1. The molecule has 0 aromatic rings. The van der Waals surface area contributed by atoms with Gasteiger partial charge in [0.05, 0.1) is 0 Å². The lowest BCUT2D eigenvalue weighted by Crippen LogP contribution is -2.47. The summed E-state index contributed by atoms with van der Waals surface area (Å²) in [5.41, 5.74) is -0.408. The first-order valence-electron chi connectivity index (χ1n) is 7.56. The maximum Gasteiger partial charge on any atom is 0.252 e. The van der Waals surface area contributed by atoms with Crippen molar-refractivity contribution in [3.63, 3.8) is 0 Å². The van der Waals surface area contributed by atoms with Gasteiger partial charge in [0.15, 0.2) is 5.96 Å². The van der Waals surface area contributed by atoms with Gasteiger partial charge in [0.2, 0.25) is 0 Å². The third-order valence-corrected chi connectivity index (χ3v) is 3.99. The average molecular weight is 266 g/mol. The normalized spacial score (nSPS) is 30.4. The van der Waals surface area contributed by atoms with Gasteiger partial charge >= 0.3 is 0 Å². The van der Waals surface area contributed by atoms with E-state index in [4.69, 9.17) is 0 Å². The minimum Gasteiger partial charge on any atom is -0.342 e. The smallest absolute Gasteiger partial charge is 0.252 e. The first-order chi connectivity index (χ1) is 9.20. The van der Waals surface area contributed by atoms with Crippen molar-refractivity contribution in [3.05, 3.63) is 0 Å². The molecule has 0 aromatic heterocycles. The number of hydrogen-bond acceptors (Lipinski definition) is 3. The van der Waals surface area contributed by atoms with Crippen LogP contribution in [0.1, 0.15) is 46.0 Å². The minimum absolute atomic E-state index is 0.112. The van der Waals surface area contributed by atoms with E-state index in [-0.39, 0.29) is 5.91 Å². The van der Waals surface area contributed by atoms with Gasteiger partial charge in [-0.25, -0.2) is 0 Å². The molecular weight excluding hydrogens is 240 g/mol. The lowest BCUT2D eigenvalue weighted by atomic mass is 9.91. The number of rotatable bonds is 4. The highest BCUT2D eigenvalue weighted by molar-refractivity contribution is 6.09. The van der Waals surface area contributed by atoms with E-state index in [9.17, 15) is 4.79 Å². The van der Waals surface area contributed by atoms with Crippen LogP contribution in [-0.4, -0.2) is 48.5 Å². The molecule has 2 fully saturated rings. The van der Waals surface area contributed by atoms with Crippen LogP contribution in [0.25, 0.3) is 0 Å². The minimum atomic E-state index is -0.408. The summed E-state index contributed by atoms with van der Waals surface area (Å²) in [5.74, 6) is 0.788. The Balaban J connectivity index is 2.01. The van der Waals surface area contributed by atoms with Crippen LogP contribution >= 0.6 is 0 Å². The molecule has 2 aliphatic heterocycles. The second kappa shape index (κ2) is 6.37. The van der Waals surface area contributed by atoms with Crippen LogP contribution in [0.15, 0.2) is 4.99 Å². The SMILES string of the molecule is CCCN=C1NC(=O)C2(CCCN(CCC)CC2)N1. The molecule has 1 atom stereocenters. The molecular formula is C14H26N4O. The second-order valence-electron chi connectivity index (χ2n) is 5.59. The van der Waals surface area contributed by atoms with Crippen molar-refractivity contribution in [2.75, 3.05) is 26.2 Å². The van der Waals surface area contributed by atoms with E-state index in [0.717, 1.165) is 51.9 Å². The molecule has 1 unspecified atom stereocenters. The van der Waals surface area contributed by atoms with Gasteiger partial charge in [-0.15, -0.1) is 0 Å². The molecule has 0 saturated carbocycles. The fraction of sp³-hybridized carbons (Fsp3) is 0.857. The molecule has 108 valence electrons. The predicted molar refractivity (Wildman–Crippen MR) is 77.2 cm³/mol. The summed E-state index contributed by atoms with van der Waals surface area (Å²) in [6.45, 7) is 8.29. The molecule has 1 spiro atoms. The topological polar surface area (TPSA) is 56.7 Å². The lowest BCUT2D eigenvalue weighted by Gasteiger charge is -2.25. The van der Waals surface area contributed by atoms with Gasteiger partial charge in [-0.2, -0.15) is 0 Å². The van der Waals surface area contributed by atoms with E-state index in [1.807, 2.05) is 0 Å². The number of aliphatic imine (C=N–C) groups is 1. The van der Waals surface area contributed by atoms with Gasteiger partial charge in [0.25, 0.3) is 5.91 Å². The summed E-state index contributed by atoms with van der Waals surface area (Å²) in [7, 11) is 0. The number of nitrogens with zero attached hydrogens (tertiary/aromatic N) is 2. The van der Waals surface area contributed by atoms with Crippen LogP contribution in [0.5, 0.6) is 0 Å². The van der Waals surface area contributed by atoms with E-state index in [1.165, 1.54) is 6.42 Å². The molecule has 2 N–H and O–H groups in total. The Morgan fingerprint density at radius 2 is 2.11 bits per heavy atom. The van der Waals surface area contributed by atoms with Crippen molar-refractivity contribution >= 4 is 11.9 Å². The van der Waals surface area contributed by atoms with E-state index < -0.39 is 5.54 Å². The molecule has 0 bridgehead atoms. The molecule has 2 heterocycles. The maximum atomic E-state index is 12.3. The third-order valence-electron chi connectivity index (χ3n) is 3.99. The van der Waals surface area contributed by atoms with Crippen molar-refractivity contribution in [1.29, 1.82) is 0 Å². The van der Waals surface area contributed by atoms with Crippen LogP contribution in [-0.2, 0) is 4.79 Å². The van der Waals surface area contributed by atoms with Gasteiger partial charge in [0, 0.05) is 13.1 Å². The summed E-state index contributed by atoms with van der Waals surface area (Å²) in [6.07, 6.45) is 5.03. The van der Waals surface area contributed by atoms with Gasteiger partial charge in [-0.05, 0) is 45.2 Å². The Bertz CT molecular complexity index is 355. The molecule has 2 saturated heterocycles. The Morgan fingerprint density at radius 3 is 2.84 bits per heavy atom. The number of nitrogens with one attached hydrogen (secondary N) is 2. The Kier molecular flexibility index (Phi) is 4.80. The Hall–Kier alpha value is -1.10. The number of amides is 1. The zero-order chi connectivity index (χ0) is 13.7. The van der Waals surface area contributed by atoms with Crippen LogP contribution < -0.4 is 10.6 Å². The fourth-order valence-corrected chi connectivity index (χ4v) is 2.93. The Labute approximate surface area is 115 Å². The number of carbonyl (C=O) groups excluding carboxylic acids is 1. The maximum absolute atomic E-state index is 12.3. The molecule has 19 heavy (non-hydrogen) atoms. The third kappa shape index (κ3) is 3.26. The monoisotopic (exact) mass is 266 g/mol. The van der Waals surface area contributed by atoms with Crippen molar-refractivity contribution in [1.82, 2.24) is 15.5 Å². The molecule has 0 aliphatic carbocycles. The van der Waals surface area contributed by atoms with Crippen LogP contribution in [0.4, 0.5) is 0 Å². The van der Waals surface area contributed by atoms with Crippen molar-refractivity contribution in [3.8, 4) is 0 Å². The average Bonchev–Trinajstić information content (AvgIpc) is 2.57. The molecule has 0 radical (unpaired) electrons. The quantitative estimate of drug-likeness (QED) is 0.801. The van der Waals surface area contributed by atoms with E-state index in [1.54, 1.807) is 0 Å². The molecule has 5 heteroatoms. The highest BCUT2D eigenvalue weighted by Crippen LogP contribution is 2.25. The summed E-state index contributed by atoms with van der Waals surface area (Å²) >= 11 is 0. The van der Waals surface area contributed by atoms with Crippen molar-refractivity contribution < 1.29 is 4.79 Å². The van der Waals surface area contributed by atoms with Gasteiger partial charge in [-0.1, -0.05) is 13.8 Å². The summed E-state index contributed by atoms with van der Waals surface area (Å²) in [4.78, 5) is 19.1. The van der Waals surface area contributed by atoms with Crippen LogP contribution in [0, 0.1) is 0 Å². The largest absolute Gasteiger partial charge is 0.342 e. The number of carbonyl (C=O) groups is 1. The van der Waals surface area contributed by atoms with Crippen LogP contribution in [0.3, 0.4) is 0 Å². The van der Waals surface area contributed by atoms with E-state index >= 15 is 0 Å².